The largest absolute Gasteiger partial charge is 0.496 e. The Morgan fingerprint density at radius 2 is 1.68 bits per heavy atom. The molecule has 6 nitrogen and oxygen atoms in total. The second-order valence-electron chi connectivity index (χ2n) is 8.31. The highest BCUT2D eigenvalue weighted by molar-refractivity contribution is 7.89. The first-order valence-electron chi connectivity index (χ1n) is 10.7. The van der Waals surface area contributed by atoms with Crippen molar-refractivity contribution >= 4 is 15.9 Å². The van der Waals surface area contributed by atoms with Gasteiger partial charge in [-0.15, -0.1) is 0 Å². The molecule has 0 spiro atoms. The van der Waals surface area contributed by atoms with Gasteiger partial charge in [0.25, 0.3) is 0 Å². The molecule has 1 aliphatic rings. The maximum atomic E-state index is 13.2. The summed E-state index contributed by atoms with van der Waals surface area (Å²) >= 11 is 0. The van der Waals surface area contributed by atoms with Gasteiger partial charge in [-0.1, -0.05) is 12.1 Å². The minimum atomic E-state index is -4.77. The van der Waals surface area contributed by atoms with Crippen molar-refractivity contribution in [3.63, 3.8) is 0 Å². The summed E-state index contributed by atoms with van der Waals surface area (Å²) in [6.07, 6.45) is -3.19. The highest BCUT2D eigenvalue weighted by Crippen LogP contribution is 2.37. The van der Waals surface area contributed by atoms with Crippen LogP contribution in [-0.4, -0.2) is 27.5 Å². The van der Waals surface area contributed by atoms with Crippen molar-refractivity contribution in [2.75, 3.05) is 7.11 Å². The van der Waals surface area contributed by atoms with Crippen LogP contribution < -0.4 is 14.8 Å². The molecule has 0 bridgehead atoms. The Hall–Kier alpha value is -2.66. The lowest BCUT2D eigenvalue weighted by atomic mass is 9.85. The highest BCUT2D eigenvalue weighted by Gasteiger charge is 2.36. The molecule has 186 valence electrons. The molecule has 1 atom stereocenters. The van der Waals surface area contributed by atoms with E-state index in [2.05, 4.69) is 10.0 Å². The van der Waals surface area contributed by atoms with Crippen molar-refractivity contribution in [2.45, 2.75) is 55.8 Å². The molecule has 1 aliphatic carbocycles. The van der Waals surface area contributed by atoms with E-state index in [4.69, 9.17) is 4.74 Å². The Bertz CT molecular complexity index is 1110. The van der Waals surface area contributed by atoms with Gasteiger partial charge >= 0.3 is 6.18 Å². The van der Waals surface area contributed by atoms with Crippen molar-refractivity contribution in [2.24, 2.45) is 5.92 Å². The monoisotopic (exact) mass is 502 g/mol. The summed E-state index contributed by atoms with van der Waals surface area (Å²) in [5, 5.41) is 2.89. The molecule has 3 rings (SSSR count). The molecule has 2 aromatic rings. The Balaban J connectivity index is 1.59. The van der Waals surface area contributed by atoms with Gasteiger partial charge in [0.15, 0.2) is 0 Å². The van der Waals surface area contributed by atoms with Gasteiger partial charge in [0.05, 0.1) is 23.6 Å². The molecular weight excluding hydrogens is 476 g/mol. The van der Waals surface area contributed by atoms with E-state index in [9.17, 15) is 30.8 Å². The van der Waals surface area contributed by atoms with Gasteiger partial charge in [0.1, 0.15) is 11.6 Å². The standard InChI is InChI=1S/C23H26F4N2O4S/c1-14(15-3-7-17(24)8-4-15)28-22(30)16-5-9-18(10-6-16)29-34(31,32)19-11-12-21(33-2)20(13-19)23(25,26)27/h3-4,7-8,11-14,16,18,29H,5-6,9-10H2,1-2H3,(H,28,30)/t14-,16-,18-/m1/s1. The molecule has 11 heteroatoms. The van der Waals surface area contributed by atoms with Crippen LogP contribution in [0, 0.1) is 11.7 Å². The van der Waals surface area contributed by atoms with Crippen molar-refractivity contribution in [1.82, 2.24) is 10.0 Å². The molecule has 0 heterocycles. The Kier molecular flexibility index (Phi) is 7.87. The summed E-state index contributed by atoms with van der Waals surface area (Å²) < 4.78 is 85.4. The van der Waals surface area contributed by atoms with Crippen LogP contribution in [0.4, 0.5) is 17.6 Å². The lowest BCUT2D eigenvalue weighted by molar-refractivity contribution is -0.139. The first-order valence-corrected chi connectivity index (χ1v) is 12.2. The number of nitrogens with one attached hydrogen (secondary N) is 2. The number of benzene rings is 2. The summed E-state index contributed by atoms with van der Waals surface area (Å²) in [6, 6.07) is 7.59. The van der Waals surface area contributed by atoms with Gasteiger partial charge < -0.3 is 10.1 Å². The number of amides is 1. The third-order valence-corrected chi connectivity index (χ3v) is 7.45. The van der Waals surface area contributed by atoms with Crippen LogP contribution in [0.5, 0.6) is 5.75 Å². The lowest BCUT2D eigenvalue weighted by Crippen LogP contribution is -2.41. The Morgan fingerprint density at radius 3 is 2.24 bits per heavy atom. The summed E-state index contributed by atoms with van der Waals surface area (Å²) in [7, 11) is -3.13. The zero-order chi connectivity index (χ0) is 25.1. The van der Waals surface area contributed by atoms with Gasteiger partial charge in [0, 0.05) is 12.0 Å². The van der Waals surface area contributed by atoms with Crippen LogP contribution in [0.1, 0.15) is 49.8 Å². The molecule has 0 aliphatic heterocycles. The molecule has 34 heavy (non-hydrogen) atoms. The zero-order valence-corrected chi connectivity index (χ0v) is 19.5. The van der Waals surface area contributed by atoms with E-state index in [1.165, 1.54) is 12.1 Å². The van der Waals surface area contributed by atoms with Crippen LogP contribution in [0.15, 0.2) is 47.4 Å². The van der Waals surface area contributed by atoms with Crippen molar-refractivity contribution in [1.29, 1.82) is 0 Å². The SMILES string of the molecule is COc1ccc(S(=O)(=O)N[C@H]2CC[C@H](C(=O)N[C@H](C)c3ccc(F)cc3)CC2)cc1C(F)(F)F. The zero-order valence-electron chi connectivity index (χ0n) is 18.7. The molecule has 1 fully saturated rings. The highest BCUT2D eigenvalue weighted by atomic mass is 32.2. The molecule has 0 radical (unpaired) electrons. The van der Waals surface area contributed by atoms with Crippen LogP contribution in [0.2, 0.25) is 0 Å². The van der Waals surface area contributed by atoms with E-state index >= 15 is 0 Å². The molecule has 1 saturated carbocycles. The molecule has 0 unspecified atom stereocenters. The van der Waals surface area contributed by atoms with Gasteiger partial charge in [-0.3, -0.25) is 4.79 Å². The number of sulfonamides is 1. The summed E-state index contributed by atoms with van der Waals surface area (Å²) in [6.45, 7) is 1.79. The van der Waals surface area contributed by atoms with Crippen molar-refractivity contribution < 1.29 is 35.5 Å². The minimum absolute atomic E-state index is 0.178. The smallest absolute Gasteiger partial charge is 0.420 e. The molecule has 1 amide bonds. The molecule has 2 aromatic carbocycles. The van der Waals surface area contributed by atoms with E-state index in [1.807, 2.05) is 0 Å². The van der Waals surface area contributed by atoms with Crippen LogP contribution in [0.25, 0.3) is 0 Å². The second-order valence-corrected chi connectivity index (χ2v) is 10.0. The first-order chi connectivity index (χ1) is 15.9. The van der Waals surface area contributed by atoms with Gasteiger partial charge in [-0.05, 0) is 68.5 Å². The average Bonchev–Trinajstić information content (AvgIpc) is 2.78. The maximum Gasteiger partial charge on any atom is 0.420 e. The Labute approximate surface area is 195 Å². The number of ether oxygens (including phenoxy) is 1. The third-order valence-electron chi connectivity index (χ3n) is 5.94. The second kappa shape index (κ2) is 10.3. The number of methoxy groups -OCH3 is 1. The van der Waals surface area contributed by atoms with Crippen LogP contribution in [-0.2, 0) is 21.0 Å². The fourth-order valence-electron chi connectivity index (χ4n) is 4.00. The number of hydrogen-bond acceptors (Lipinski definition) is 4. The topological polar surface area (TPSA) is 84.5 Å². The van der Waals surface area contributed by atoms with Crippen LogP contribution in [0.3, 0.4) is 0 Å². The normalized spacial score (nSPS) is 19.9. The fraction of sp³-hybridized carbons (Fsp3) is 0.435. The maximum absolute atomic E-state index is 13.2. The number of alkyl halides is 3. The summed E-state index contributed by atoms with van der Waals surface area (Å²) in [5.74, 6) is -1.33. The van der Waals surface area contributed by atoms with Crippen LogP contribution >= 0.6 is 0 Å². The molecule has 0 saturated heterocycles. The minimum Gasteiger partial charge on any atom is -0.496 e. The predicted octanol–water partition coefficient (Wildman–Crippen LogP) is 4.57. The van der Waals surface area contributed by atoms with Crippen molar-refractivity contribution in [3.8, 4) is 5.75 Å². The third kappa shape index (κ3) is 6.26. The van der Waals surface area contributed by atoms with E-state index in [-0.39, 0.29) is 23.7 Å². The molecular formula is C23H26F4N2O4S. The first kappa shape index (κ1) is 26.0. The number of hydrogen-bond donors (Lipinski definition) is 2. The predicted molar refractivity (Wildman–Crippen MR) is 117 cm³/mol. The average molecular weight is 503 g/mol. The van der Waals surface area contributed by atoms with E-state index in [0.29, 0.717) is 31.7 Å². The van der Waals surface area contributed by atoms with Gasteiger partial charge in [-0.2, -0.15) is 13.2 Å². The van der Waals surface area contributed by atoms with Gasteiger partial charge in [0.2, 0.25) is 15.9 Å². The summed E-state index contributed by atoms with van der Waals surface area (Å²) in [4.78, 5) is 12.1. The lowest BCUT2D eigenvalue weighted by Gasteiger charge is -2.29. The van der Waals surface area contributed by atoms with Crippen molar-refractivity contribution in [3.05, 3.63) is 59.4 Å². The summed E-state index contributed by atoms with van der Waals surface area (Å²) in [5.41, 5.74) is -0.414. The van der Waals surface area contributed by atoms with E-state index in [0.717, 1.165) is 24.8 Å². The van der Waals surface area contributed by atoms with E-state index < -0.39 is 38.4 Å². The molecule has 0 aromatic heterocycles. The number of carbonyl (C=O) groups excluding carboxylic acids is 1. The number of rotatable bonds is 7. The van der Waals surface area contributed by atoms with E-state index in [1.54, 1.807) is 19.1 Å². The fourth-order valence-corrected chi connectivity index (χ4v) is 5.33. The number of halogens is 4. The Morgan fingerprint density at radius 1 is 1.06 bits per heavy atom. The van der Waals surface area contributed by atoms with Gasteiger partial charge in [-0.25, -0.2) is 17.5 Å². The quantitative estimate of drug-likeness (QED) is 0.544. The molecule has 2 N–H and O–H groups in total. The number of carbonyl (C=O) groups is 1.